The highest BCUT2D eigenvalue weighted by Crippen LogP contribution is 2.34. The average Bonchev–Trinajstić information content (AvgIpc) is 2.95. The summed E-state index contributed by atoms with van der Waals surface area (Å²) in [7, 11) is 0. The molecule has 1 atom stereocenters. The van der Waals surface area contributed by atoms with E-state index in [1.54, 1.807) is 6.07 Å². The van der Waals surface area contributed by atoms with Gasteiger partial charge >= 0.3 is 0 Å². The summed E-state index contributed by atoms with van der Waals surface area (Å²) >= 11 is 0. The SMILES string of the molecule is O=C(CN1CCCCCC1)N[C@H](Cc1cc(=O)[nH]c(C2CCC2)n1)c1ccccc1. The van der Waals surface area contributed by atoms with E-state index in [1.165, 1.54) is 19.3 Å². The van der Waals surface area contributed by atoms with E-state index in [1.807, 2.05) is 30.3 Å². The first-order valence-corrected chi connectivity index (χ1v) is 11.3. The van der Waals surface area contributed by atoms with Crippen molar-refractivity contribution in [2.24, 2.45) is 0 Å². The number of hydrogen-bond acceptors (Lipinski definition) is 4. The van der Waals surface area contributed by atoms with E-state index < -0.39 is 0 Å². The predicted molar refractivity (Wildman–Crippen MR) is 117 cm³/mol. The van der Waals surface area contributed by atoms with Crippen LogP contribution in [0.3, 0.4) is 0 Å². The number of rotatable bonds is 7. The van der Waals surface area contributed by atoms with Gasteiger partial charge in [0, 0.05) is 18.4 Å². The fourth-order valence-electron chi connectivity index (χ4n) is 4.39. The van der Waals surface area contributed by atoms with Crippen molar-refractivity contribution in [1.82, 2.24) is 20.2 Å². The second kappa shape index (κ2) is 10.0. The van der Waals surface area contributed by atoms with Gasteiger partial charge in [-0.2, -0.15) is 0 Å². The first-order valence-electron chi connectivity index (χ1n) is 11.3. The Morgan fingerprint density at radius 3 is 2.50 bits per heavy atom. The predicted octanol–water partition coefficient (Wildman–Crippen LogP) is 3.31. The van der Waals surface area contributed by atoms with Crippen LogP contribution in [0.5, 0.6) is 0 Å². The third-order valence-corrected chi connectivity index (χ3v) is 6.32. The number of hydrogen-bond donors (Lipinski definition) is 2. The molecule has 2 aromatic rings. The topological polar surface area (TPSA) is 78.1 Å². The van der Waals surface area contributed by atoms with Crippen LogP contribution in [0.1, 0.15) is 74.0 Å². The maximum atomic E-state index is 12.9. The third-order valence-electron chi connectivity index (χ3n) is 6.32. The Morgan fingerprint density at radius 2 is 1.83 bits per heavy atom. The highest BCUT2D eigenvalue weighted by atomic mass is 16.2. The van der Waals surface area contributed by atoms with Crippen LogP contribution in [0.4, 0.5) is 0 Å². The summed E-state index contributed by atoms with van der Waals surface area (Å²) in [5, 5.41) is 3.21. The zero-order valence-electron chi connectivity index (χ0n) is 17.6. The van der Waals surface area contributed by atoms with Crippen LogP contribution in [0, 0.1) is 0 Å². The minimum atomic E-state index is -0.200. The number of aromatic nitrogens is 2. The quantitative estimate of drug-likeness (QED) is 0.737. The molecule has 1 saturated carbocycles. The van der Waals surface area contributed by atoms with Crippen molar-refractivity contribution in [3.8, 4) is 0 Å². The number of carbonyl (C=O) groups is 1. The molecular weight excluding hydrogens is 376 g/mol. The second-order valence-corrected chi connectivity index (χ2v) is 8.68. The van der Waals surface area contributed by atoms with E-state index in [4.69, 9.17) is 4.98 Å². The van der Waals surface area contributed by atoms with E-state index in [2.05, 4.69) is 15.2 Å². The smallest absolute Gasteiger partial charge is 0.251 e. The van der Waals surface area contributed by atoms with E-state index in [0.717, 1.165) is 55.9 Å². The Kier molecular flexibility index (Phi) is 6.95. The van der Waals surface area contributed by atoms with Gasteiger partial charge in [0.05, 0.1) is 18.3 Å². The van der Waals surface area contributed by atoms with Gasteiger partial charge in [-0.25, -0.2) is 4.98 Å². The number of benzene rings is 1. The van der Waals surface area contributed by atoms with Gasteiger partial charge in [0.25, 0.3) is 5.56 Å². The number of amides is 1. The zero-order chi connectivity index (χ0) is 20.8. The number of nitrogens with zero attached hydrogens (tertiary/aromatic N) is 2. The van der Waals surface area contributed by atoms with Crippen LogP contribution in [0.2, 0.25) is 0 Å². The molecule has 2 fully saturated rings. The molecule has 1 aliphatic carbocycles. The van der Waals surface area contributed by atoms with Crippen molar-refractivity contribution in [2.45, 2.75) is 63.3 Å². The summed E-state index contributed by atoms with van der Waals surface area (Å²) in [6.07, 6.45) is 8.70. The van der Waals surface area contributed by atoms with Crippen LogP contribution in [-0.2, 0) is 11.2 Å². The highest BCUT2D eigenvalue weighted by Gasteiger charge is 2.24. The van der Waals surface area contributed by atoms with Crippen molar-refractivity contribution in [3.63, 3.8) is 0 Å². The monoisotopic (exact) mass is 408 g/mol. The molecule has 1 aromatic heterocycles. The summed E-state index contributed by atoms with van der Waals surface area (Å²) in [4.78, 5) is 35.0. The number of aromatic amines is 1. The summed E-state index contributed by atoms with van der Waals surface area (Å²) in [5.41, 5.74) is 1.67. The van der Waals surface area contributed by atoms with Crippen LogP contribution in [0.25, 0.3) is 0 Å². The summed E-state index contributed by atoms with van der Waals surface area (Å²) in [5.74, 6) is 1.20. The first kappa shape index (κ1) is 20.8. The number of likely N-dealkylation sites (tertiary alicyclic amines) is 1. The molecule has 0 spiro atoms. The van der Waals surface area contributed by atoms with Gasteiger partial charge in [0.1, 0.15) is 5.82 Å². The molecule has 1 amide bonds. The lowest BCUT2D eigenvalue weighted by Gasteiger charge is -2.25. The Labute approximate surface area is 178 Å². The molecule has 0 unspecified atom stereocenters. The molecule has 1 aromatic carbocycles. The minimum absolute atomic E-state index is 0.0369. The lowest BCUT2D eigenvalue weighted by molar-refractivity contribution is -0.123. The molecule has 0 bridgehead atoms. The lowest BCUT2D eigenvalue weighted by atomic mass is 9.85. The Morgan fingerprint density at radius 1 is 1.10 bits per heavy atom. The van der Waals surface area contributed by atoms with Crippen LogP contribution in [-0.4, -0.2) is 40.4 Å². The van der Waals surface area contributed by atoms with Crippen molar-refractivity contribution >= 4 is 5.91 Å². The number of H-pyrrole nitrogens is 1. The minimum Gasteiger partial charge on any atom is -0.348 e. The maximum absolute atomic E-state index is 12.9. The molecule has 2 heterocycles. The zero-order valence-corrected chi connectivity index (χ0v) is 17.6. The van der Waals surface area contributed by atoms with Crippen molar-refractivity contribution in [2.75, 3.05) is 19.6 Å². The second-order valence-electron chi connectivity index (χ2n) is 8.68. The molecule has 0 radical (unpaired) electrons. The molecule has 1 saturated heterocycles. The molecule has 30 heavy (non-hydrogen) atoms. The molecule has 2 aliphatic rings. The normalized spacial score (nSPS) is 18.9. The van der Waals surface area contributed by atoms with Gasteiger partial charge in [0.15, 0.2) is 0 Å². The van der Waals surface area contributed by atoms with Gasteiger partial charge < -0.3 is 10.3 Å². The Bertz CT molecular complexity index is 884. The molecule has 1 aliphatic heterocycles. The molecule has 160 valence electrons. The largest absolute Gasteiger partial charge is 0.348 e. The Hall–Kier alpha value is -2.47. The molecule has 6 heteroatoms. The molecular formula is C24H32N4O2. The first-order chi connectivity index (χ1) is 14.7. The average molecular weight is 409 g/mol. The van der Waals surface area contributed by atoms with Gasteiger partial charge in [-0.1, -0.05) is 49.6 Å². The van der Waals surface area contributed by atoms with E-state index in [0.29, 0.717) is 18.9 Å². The van der Waals surface area contributed by atoms with E-state index >= 15 is 0 Å². The fourth-order valence-corrected chi connectivity index (χ4v) is 4.39. The summed E-state index contributed by atoms with van der Waals surface area (Å²) in [6.45, 7) is 2.41. The molecule has 4 rings (SSSR count). The van der Waals surface area contributed by atoms with E-state index in [-0.39, 0.29) is 17.5 Å². The van der Waals surface area contributed by atoms with Crippen LogP contribution < -0.4 is 10.9 Å². The highest BCUT2D eigenvalue weighted by molar-refractivity contribution is 5.78. The van der Waals surface area contributed by atoms with Gasteiger partial charge in [-0.15, -0.1) is 0 Å². The molecule has 6 nitrogen and oxygen atoms in total. The van der Waals surface area contributed by atoms with Crippen LogP contribution in [0.15, 0.2) is 41.2 Å². The van der Waals surface area contributed by atoms with Gasteiger partial charge in [-0.3, -0.25) is 14.5 Å². The Balaban J connectivity index is 1.48. The lowest BCUT2D eigenvalue weighted by Crippen LogP contribution is -2.40. The van der Waals surface area contributed by atoms with Crippen molar-refractivity contribution in [1.29, 1.82) is 0 Å². The summed E-state index contributed by atoms with van der Waals surface area (Å²) in [6, 6.07) is 11.4. The summed E-state index contributed by atoms with van der Waals surface area (Å²) < 4.78 is 0. The standard InChI is InChI=1S/C24H32N4O2/c29-22-16-20(25-24(27-22)19-11-8-12-19)15-21(18-9-4-3-5-10-18)26-23(30)17-28-13-6-1-2-7-14-28/h3-5,9-10,16,19,21H,1-2,6-8,11-15,17H2,(H,26,30)(H,25,27,29)/t21-/m1/s1. The third kappa shape index (κ3) is 5.57. The molecule has 2 N–H and O–H groups in total. The number of nitrogens with one attached hydrogen (secondary N) is 2. The number of carbonyl (C=O) groups excluding carboxylic acids is 1. The van der Waals surface area contributed by atoms with Crippen molar-refractivity contribution < 1.29 is 4.79 Å². The van der Waals surface area contributed by atoms with Crippen LogP contribution >= 0.6 is 0 Å². The van der Waals surface area contributed by atoms with Gasteiger partial charge in [0.2, 0.25) is 5.91 Å². The van der Waals surface area contributed by atoms with E-state index in [9.17, 15) is 9.59 Å². The maximum Gasteiger partial charge on any atom is 0.251 e. The van der Waals surface area contributed by atoms with Gasteiger partial charge in [-0.05, 0) is 44.3 Å². The fraction of sp³-hybridized carbons (Fsp3) is 0.542. The van der Waals surface area contributed by atoms with Crippen molar-refractivity contribution in [3.05, 3.63) is 63.8 Å².